The first kappa shape index (κ1) is 23.9. The monoisotopic (exact) mass is 464 g/mol. The molecule has 1 fully saturated rings. The standard InChI is InChI=1S/C26H32N4O4/c1-18(2)34-14-4-11-27-24(31)20-7-10-22-23(17-20)28-26(29-12-15-33-16-13-29)30(25(22)32)21-8-5-19(3)6-9-21/h5-10,17-18H,4,11-16H2,1-3H3,(H,27,31). The van der Waals surface area contributed by atoms with Crippen LogP contribution in [0.2, 0.25) is 0 Å². The average molecular weight is 465 g/mol. The topological polar surface area (TPSA) is 85.7 Å². The van der Waals surface area contributed by atoms with E-state index in [2.05, 4.69) is 10.2 Å². The number of benzene rings is 2. The quantitative estimate of drug-likeness (QED) is 0.516. The third-order valence-electron chi connectivity index (χ3n) is 5.76. The van der Waals surface area contributed by atoms with E-state index < -0.39 is 0 Å². The van der Waals surface area contributed by atoms with Gasteiger partial charge in [0.1, 0.15) is 0 Å². The fraction of sp³-hybridized carbons (Fsp3) is 0.423. The Hall–Kier alpha value is -3.23. The first-order valence-electron chi connectivity index (χ1n) is 11.8. The van der Waals surface area contributed by atoms with Gasteiger partial charge in [0.25, 0.3) is 11.5 Å². The Bertz CT molecular complexity index is 1200. The van der Waals surface area contributed by atoms with Gasteiger partial charge < -0.3 is 19.7 Å². The number of fused-ring (bicyclic) bond motifs is 1. The lowest BCUT2D eigenvalue weighted by molar-refractivity contribution is 0.0757. The van der Waals surface area contributed by atoms with Crippen molar-refractivity contribution in [3.8, 4) is 5.69 Å². The van der Waals surface area contributed by atoms with E-state index in [9.17, 15) is 9.59 Å². The van der Waals surface area contributed by atoms with Crippen LogP contribution in [0.4, 0.5) is 5.95 Å². The van der Waals surface area contributed by atoms with E-state index in [0.29, 0.717) is 61.9 Å². The number of amides is 1. The van der Waals surface area contributed by atoms with Gasteiger partial charge in [-0.3, -0.25) is 9.59 Å². The van der Waals surface area contributed by atoms with Crippen LogP contribution in [0.5, 0.6) is 0 Å². The minimum atomic E-state index is -0.191. The maximum atomic E-state index is 13.6. The molecule has 2 heterocycles. The average Bonchev–Trinajstić information content (AvgIpc) is 2.84. The van der Waals surface area contributed by atoms with Crippen molar-refractivity contribution in [2.45, 2.75) is 33.3 Å². The van der Waals surface area contributed by atoms with Gasteiger partial charge >= 0.3 is 0 Å². The van der Waals surface area contributed by atoms with Crippen molar-refractivity contribution in [3.63, 3.8) is 0 Å². The second-order valence-corrected chi connectivity index (χ2v) is 8.75. The number of nitrogens with zero attached hydrogens (tertiary/aromatic N) is 3. The molecule has 0 spiro atoms. The van der Waals surface area contributed by atoms with Gasteiger partial charge in [0.05, 0.1) is 35.9 Å². The Morgan fingerprint density at radius 3 is 2.59 bits per heavy atom. The van der Waals surface area contributed by atoms with Gasteiger partial charge in [0.15, 0.2) is 0 Å². The Balaban J connectivity index is 1.67. The molecule has 180 valence electrons. The number of ether oxygens (including phenoxy) is 2. The van der Waals surface area contributed by atoms with Gasteiger partial charge in [-0.25, -0.2) is 9.55 Å². The van der Waals surface area contributed by atoms with Gasteiger partial charge in [-0.15, -0.1) is 0 Å². The van der Waals surface area contributed by atoms with Crippen molar-refractivity contribution < 1.29 is 14.3 Å². The molecular formula is C26H32N4O4. The summed E-state index contributed by atoms with van der Waals surface area (Å²) >= 11 is 0. The fourth-order valence-electron chi connectivity index (χ4n) is 3.91. The Morgan fingerprint density at radius 2 is 1.88 bits per heavy atom. The maximum absolute atomic E-state index is 13.6. The minimum absolute atomic E-state index is 0.159. The minimum Gasteiger partial charge on any atom is -0.379 e. The highest BCUT2D eigenvalue weighted by Gasteiger charge is 2.21. The number of carbonyl (C=O) groups excluding carboxylic acids is 1. The Labute approximate surface area is 199 Å². The summed E-state index contributed by atoms with van der Waals surface area (Å²) in [4.78, 5) is 33.2. The van der Waals surface area contributed by atoms with Gasteiger partial charge in [0.2, 0.25) is 5.95 Å². The number of hydrogen-bond acceptors (Lipinski definition) is 6. The summed E-state index contributed by atoms with van der Waals surface area (Å²) in [6, 6.07) is 12.9. The van der Waals surface area contributed by atoms with Crippen molar-refractivity contribution in [1.29, 1.82) is 0 Å². The summed E-state index contributed by atoms with van der Waals surface area (Å²) in [5.41, 5.74) is 2.70. The summed E-state index contributed by atoms with van der Waals surface area (Å²) < 4.78 is 12.7. The number of hydrogen-bond donors (Lipinski definition) is 1. The molecule has 0 atom stereocenters. The summed E-state index contributed by atoms with van der Waals surface area (Å²) in [7, 11) is 0. The molecule has 0 bridgehead atoms. The van der Waals surface area contributed by atoms with E-state index >= 15 is 0 Å². The molecule has 8 nitrogen and oxygen atoms in total. The second-order valence-electron chi connectivity index (χ2n) is 8.75. The lowest BCUT2D eigenvalue weighted by Gasteiger charge is -2.30. The van der Waals surface area contributed by atoms with E-state index in [1.807, 2.05) is 45.0 Å². The number of rotatable bonds is 8. The van der Waals surface area contributed by atoms with Crippen LogP contribution in [0, 0.1) is 6.92 Å². The lowest BCUT2D eigenvalue weighted by atomic mass is 10.1. The summed E-state index contributed by atoms with van der Waals surface area (Å²) in [5, 5.41) is 3.39. The molecule has 3 aromatic rings. The van der Waals surface area contributed by atoms with Crippen LogP contribution in [0.25, 0.3) is 16.6 Å². The van der Waals surface area contributed by atoms with Crippen LogP contribution in [-0.2, 0) is 9.47 Å². The van der Waals surface area contributed by atoms with E-state index in [0.717, 1.165) is 17.7 Å². The Kier molecular flexibility index (Phi) is 7.59. The number of aryl methyl sites for hydroxylation is 1. The van der Waals surface area contributed by atoms with E-state index in [1.54, 1.807) is 22.8 Å². The van der Waals surface area contributed by atoms with Gasteiger partial charge in [-0.2, -0.15) is 0 Å². The molecule has 1 aliphatic heterocycles. The molecule has 0 radical (unpaired) electrons. The third kappa shape index (κ3) is 5.46. The van der Waals surface area contributed by atoms with Crippen LogP contribution >= 0.6 is 0 Å². The van der Waals surface area contributed by atoms with Crippen molar-refractivity contribution in [2.24, 2.45) is 0 Å². The van der Waals surface area contributed by atoms with E-state index in [-0.39, 0.29) is 17.6 Å². The maximum Gasteiger partial charge on any atom is 0.267 e. The molecule has 0 aliphatic carbocycles. The summed E-state index contributed by atoms with van der Waals surface area (Å²) in [6.07, 6.45) is 0.907. The Morgan fingerprint density at radius 1 is 1.15 bits per heavy atom. The second kappa shape index (κ2) is 10.8. The van der Waals surface area contributed by atoms with Crippen molar-refractivity contribution in [2.75, 3.05) is 44.4 Å². The van der Waals surface area contributed by atoms with E-state index in [1.165, 1.54) is 0 Å². The summed E-state index contributed by atoms with van der Waals surface area (Å²) in [6.45, 7) is 9.53. The van der Waals surface area contributed by atoms with Crippen molar-refractivity contribution in [3.05, 3.63) is 63.9 Å². The largest absolute Gasteiger partial charge is 0.379 e. The molecule has 1 saturated heterocycles. The SMILES string of the molecule is Cc1ccc(-n2c(N3CCOCC3)nc3cc(C(=O)NCCCOC(C)C)ccc3c2=O)cc1. The highest BCUT2D eigenvalue weighted by molar-refractivity contribution is 5.97. The number of anilines is 1. The molecular weight excluding hydrogens is 432 g/mol. The zero-order valence-electron chi connectivity index (χ0n) is 20.0. The van der Waals surface area contributed by atoms with Gasteiger partial charge in [-0.05, 0) is 57.5 Å². The van der Waals surface area contributed by atoms with Gasteiger partial charge in [0, 0.05) is 31.8 Å². The van der Waals surface area contributed by atoms with Gasteiger partial charge in [-0.1, -0.05) is 17.7 Å². The smallest absolute Gasteiger partial charge is 0.267 e. The zero-order chi connectivity index (χ0) is 24.1. The fourth-order valence-corrected chi connectivity index (χ4v) is 3.91. The molecule has 8 heteroatoms. The van der Waals surface area contributed by atoms with Crippen LogP contribution in [0.3, 0.4) is 0 Å². The molecule has 1 aromatic heterocycles. The first-order valence-corrected chi connectivity index (χ1v) is 11.8. The highest BCUT2D eigenvalue weighted by Crippen LogP contribution is 2.21. The zero-order valence-corrected chi connectivity index (χ0v) is 20.0. The van der Waals surface area contributed by atoms with Crippen LogP contribution in [-0.4, -0.2) is 61.0 Å². The molecule has 2 aromatic carbocycles. The predicted octanol–water partition coefficient (Wildman–Crippen LogP) is 3.08. The van der Waals surface area contributed by atoms with E-state index in [4.69, 9.17) is 14.5 Å². The van der Waals surface area contributed by atoms with Crippen LogP contribution < -0.4 is 15.8 Å². The molecule has 1 amide bonds. The first-order chi connectivity index (χ1) is 16.4. The predicted molar refractivity (Wildman–Crippen MR) is 133 cm³/mol. The number of carbonyl (C=O) groups is 1. The number of morpholine rings is 1. The van der Waals surface area contributed by atoms with Crippen LogP contribution in [0.1, 0.15) is 36.2 Å². The normalized spacial score (nSPS) is 14.1. The molecule has 4 rings (SSSR count). The molecule has 1 N–H and O–H groups in total. The lowest BCUT2D eigenvalue weighted by Crippen LogP contribution is -2.40. The molecule has 0 unspecified atom stereocenters. The highest BCUT2D eigenvalue weighted by atomic mass is 16.5. The van der Waals surface area contributed by atoms with Crippen LogP contribution in [0.15, 0.2) is 47.3 Å². The van der Waals surface area contributed by atoms with Crippen molar-refractivity contribution >= 4 is 22.8 Å². The number of aromatic nitrogens is 2. The summed E-state index contributed by atoms with van der Waals surface area (Å²) in [5.74, 6) is 0.372. The number of nitrogens with one attached hydrogen (secondary N) is 1. The molecule has 1 aliphatic rings. The third-order valence-corrected chi connectivity index (χ3v) is 5.76. The van der Waals surface area contributed by atoms with Crippen molar-refractivity contribution in [1.82, 2.24) is 14.9 Å². The molecule has 0 saturated carbocycles. The molecule has 34 heavy (non-hydrogen) atoms.